The van der Waals surface area contributed by atoms with Gasteiger partial charge in [0.05, 0.1) is 28.3 Å². The van der Waals surface area contributed by atoms with Crippen molar-refractivity contribution >= 4 is 62.6 Å². The van der Waals surface area contributed by atoms with Crippen LogP contribution in [0.3, 0.4) is 0 Å². The van der Waals surface area contributed by atoms with E-state index in [-0.39, 0.29) is 71.8 Å². The highest BCUT2D eigenvalue weighted by molar-refractivity contribution is 7.91. The van der Waals surface area contributed by atoms with Crippen molar-refractivity contribution in [2.45, 2.75) is 81.0 Å². The van der Waals surface area contributed by atoms with Gasteiger partial charge in [0.2, 0.25) is 5.95 Å². The van der Waals surface area contributed by atoms with Gasteiger partial charge in [0.25, 0.3) is 5.91 Å². The highest BCUT2D eigenvalue weighted by atomic mass is 32.2. The van der Waals surface area contributed by atoms with Crippen molar-refractivity contribution in [3.8, 4) is 21.7 Å². The van der Waals surface area contributed by atoms with E-state index < -0.39 is 68.7 Å². The van der Waals surface area contributed by atoms with Gasteiger partial charge in [0, 0.05) is 62.8 Å². The molecule has 9 rings (SSSR count). The zero-order valence-corrected chi connectivity index (χ0v) is 41.7. The molecule has 0 radical (unpaired) electrons. The number of sulfone groups is 1. The summed E-state index contributed by atoms with van der Waals surface area (Å²) in [7, 11) is -2.85. The normalized spacial score (nSPS) is 17.6. The van der Waals surface area contributed by atoms with Crippen molar-refractivity contribution in [1.82, 2.24) is 25.1 Å². The first-order chi connectivity index (χ1) is 34.3. The van der Waals surface area contributed by atoms with Crippen LogP contribution in [0.5, 0.6) is 0 Å². The quantitative estimate of drug-likeness (QED) is 0.0646. The van der Waals surface area contributed by atoms with Crippen molar-refractivity contribution in [1.29, 1.82) is 0 Å². The highest BCUT2D eigenvalue weighted by Gasteiger charge is 2.41. The summed E-state index contributed by atoms with van der Waals surface area (Å²) in [4.78, 5) is 65.0. The number of esters is 1. The van der Waals surface area contributed by atoms with Crippen molar-refractivity contribution in [2.24, 2.45) is 0 Å². The van der Waals surface area contributed by atoms with Crippen LogP contribution < -0.4 is 15.5 Å². The molecule has 1 saturated heterocycles. The van der Waals surface area contributed by atoms with Crippen LogP contribution in [0.15, 0.2) is 83.9 Å². The number of nitrogens with zero attached hydrogens (tertiary/aromatic N) is 5. The predicted molar refractivity (Wildman–Crippen MR) is 263 cm³/mol. The molecule has 1 unspecified atom stereocenters. The molecule has 380 valence electrons. The first kappa shape index (κ1) is 50.2. The second-order valence-electron chi connectivity index (χ2n) is 19.2. The summed E-state index contributed by atoms with van der Waals surface area (Å²) in [6, 6.07) is 21.6. The molecule has 2 fully saturated rings. The molecule has 1 saturated carbocycles. The van der Waals surface area contributed by atoms with E-state index in [4.69, 9.17) is 14.2 Å². The Morgan fingerprint density at radius 3 is 2.28 bits per heavy atom. The van der Waals surface area contributed by atoms with Crippen LogP contribution in [0.1, 0.15) is 90.2 Å². The number of aromatic nitrogens is 2. The second-order valence-corrected chi connectivity index (χ2v) is 22.3. The Kier molecular flexibility index (Phi) is 14.0. The number of nitrogens with one attached hydrogen (secondary N) is 2. The van der Waals surface area contributed by atoms with Crippen LogP contribution in [-0.2, 0) is 35.0 Å². The lowest BCUT2D eigenvalue weighted by Gasteiger charge is -2.41. The minimum atomic E-state index is -4.94. The predicted octanol–water partition coefficient (Wildman–Crippen LogP) is 8.99. The standard InChI is InChI=1S/C51H54F3N7O9S2/c1-50(2,3)70-49(65)61-22-21-60(28-40(61)46(63)68-4)31-17-18-39(36(25-31)30-15-16-30)57-47-56-27-38(51(52,53)54)43(58-47)41-26-42-44(71-41)45(62)59(23-24-72(42,66)67)20-10-9-19-55-48(64)69-29-37-34-13-7-5-11-32(34)33-12-6-8-14-35(33)37/h5-8,11-14,17-18,25-27,30,37,40H,9-10,15-16,19-24,28-29H2,1-4H3,(H,55,64)(H,56,57,58). The molecule has 3 aromatic carbocycles. The molecule has 0 spiro atoms. The first-order valence-corrected chi connectivity index (χ1v) is 26.2. The SMILES string of the molecule is COC(=O)C1CN(c2ccc(Nc3ncc(C(F)(F)F)c(-c4cc5c(s4)C(=O)N(CCCCNC(=O)OCC4c6ccccc6-c6ccccc64)CCS5(=O)=O)n3)c(C3CC3)c2)CCN1C(=O)OC(C)(C)C. The van der Waals surface area contributed by atoms with E-state index in [1.54, 1.807) is 32.9 Å². The Morgan fingerprint density at radius 1 is 0.903 bits per heavy atom. The van der Waals surface area contributed by atoms with E-state index in [1.165, 1.54) is 16.9 Å². The minimum absolute atomic E-state index is 0.102. The third-order valence-corrected chi connectivity index (χ3v) is 16.1. The number of rotatable bonds is 13. The van der Waals surface area contributed by atoms with Crippen LogP contribution in [0, 0.1) is 0 Å². The van der Waals surface area contributed by atoms with Gasteiger partial charge in [-0.15, -0.1) is 11.3 Å². The number of alkyl carbamates (subject to hydrolysis) is 1. The third kappa shape index (κ3) is 10.7. The zero-order chi connectivity index (χ0) is 51.1. The molecule has 3 amide bonds. The van der Waals surface area contributed by atoms with Crippen molar-refractivity contribution in [2.75, 3.05) is 69.0 Å². The molecule has 2 aliphatic heterocycles. The molecule has 4 aliphatic rings. The van der Waals surface area contributed by atoms with E-state index in [0.29, 0.717) is 42.6 Å². The molecule has 2 aliphatic carbocycles. The number of fused-ring (bicyclic) bond motifs is 4. The van der Waals surface area contributed by atoms with Gasteiger partial charge in [-0.25, -0.2) is 32.8 Å². The summed E-state index contributed by atoms with van der Waals surface area (Å²) in [6.45, 7) is 6.28. The average molecular weight is 1030 g/mol. The lowest BCUT2D eigenvalue weighted by molar-refractivity contribution is -0.147. The van der Waals surface area contributed by atoms with Crippen molar-refractivity contribution in [3.63, 3.8) is 0 Å². The molecule has 16 nitrogen and oxygen atoms in total. The average Bonchev–Trinajstić information content (AvgIpc) is 4.02. The molecule has 2 N–H and O–H groups in total. The van der Waals surface area contributed by atoms with E-state index in [2.05, 4.69) is 20.6 Å². The summed E-state index contributed by atoms with van der Waals surface area (Å²) in [6.07, 6.45) is -2.99. The number of benzene rings is 3. The van der Waals surface area contributed by atoms with Gasteiger partial charge >= 0.3 is 24.3 Å². The molecule has 72 heavy (non-hydrogen) atoms. The fraction of sp³-hybridized carbons (Fsp3) is 0.412. The number of piperazine rings is 1. The summed E-state index contributed by atoms with van der Waals surface area (Å²) in [5, 5.41) is 5.84. The smallest absolute Gasteiger partial charge is 0.420 e. The topological polar surface area (TPSA) is 190 Å². The summed E-state index contributed by atoms with van der Waals surface area (Å²) in [5.74, 6) is -1.84. The number of carbonyl (C=O) groups is 4. The minimum Gasteiger partial charge on any atom is -0.467 e. The van der Waals surface area contributed by atoms with Crippen LogP contribution in [0.25, 0.3) is 21.7 Å². The summed E-state index contributed by atoms with van der Waals surface area (Å²) >= 11 is 0.627. The Hall–Kier alpha value is -6.74. The van der Waals surface area contributed by atoms with Crippen LogP contribution in [0.2, 0.25) is 0 Å². The lowest BCUT2D eigenvalue weighted by atomic mass is 9.98. The Balaban J connectivity index is 0.867. The molecule has 0 bridgehead atoms. The van der Waals surface area contributed by atoms with Gasteiger partial charge in [-0.2, -0.15) is 13.2 Å². The first-order valence-electron chi connectivity index (χ1n) is 23.7. The molecule has 21 heteroatoms. The number of thiophene rings is 1. The van der Waals surface area contributed by atoms with Gasteiger partial charge in [-0.1, -0.05) is 48.5 Å². The number of anilines is 3. The number of alkyl halides is 3. The molecule has 5 aromatic rings. The highest BCUT2D eigenvalue weighted by Crippen LogP contribution is 2.47. The molecule has 1 atom stereocenters. The van der Waals surface area contributed by atoms with Crippen LogP contribution >= 0.6 is 11.3 Å². The summed E-state index contributed by atoms with van der Waals surface area (Å²) < 4.78 is 87.5. The van der Waals surface area contributed by atoms with E-state index in [9.17, 15) is 40.8 Å². The van der Waals surface area contributed by atoms with Gasteiger partial charge in [-0.05, 0) is 104 Å². The number of hydrogen-bond donors (Lipinski definition) is 2. The number of unbranched alkanes of at least 4 members (excludes halogenated alkanes) is 1. The van der Waals surface area contributed by atoms with Crippen molar-refractivity contribution in [3.05, 3.63) is 106 Å². The molecule has 2 aromatic heterocycles. The van der Waals surface area contributed by atoms with Gasteiger partial charge in [-0.3, -0.25) is 9.69 Å². The second kappa shape index (κ2) is 20.0. The maximum absolute atomic E-state index is 14.7. The number of carbonyl (C=O) groups excluding carboxylic acids is 4. The zero-order valence-electron chi connectivity index (χ0n) is 40.1. The Labute approximate surface area is 418 Å². The lowest BCUT2D eigenvalue weighted by Crippen LogP contribution is -2.59. The maximum Gasteiger partial charge on any atom is 0.420 e. The third-order valence-electron chi connectivity index (χ3n) is 13.1. The molecular weight excluding hydrogens is 976 g/mol. The number of hydrogen-bond acceptors (Lipinski definition) is 14. The fourth-order valence-electron chi connectivity index (χ4n) is 9.38. The largest absolute Gasteiger partial charge is 0.467 e. The van der Waals surface area contributed by atoms with Gasteiger partial charge < -0.3 is 34.6 Å². The monoisotopic (exact) mass is 1030 g/mol. The van der Waals surface area contributed by atoms with E-state index in [0.717, 1.165) is 52.4 Å². The number of halogens is 3. The van der Waals surface area contributed by atoms with Crippen LogP contribution in [-0.4, -0.2) is 123 Å². The fourth-order valence-corrected chi connectivity index (χ4v) is 12.3. The van der Waals surface area contributed by atoms with Gasteiger partial charge in [0.1, 0.15) is 22.6 Å². The summed E-state index contributed by atoms with van der Waals surface area (Å²) in [5.41, 5.74) is 3.94. The number of methoxy groups -OCH3 is 1. The van der Waals surface area contributed by atoms with Gasteiger partial charge in [0.15, 0.2) is 15.9 Å². The molecular formula is C51H54F3N7O9S2. The maximum atomic E-state index is 14.7. The number of amides is 3. The Bertz CT molecular complexity index is 2980. The van der Waals surface area contributed by atoms with Crippen LogP contribution in [0.4, 0.5) is 40.1 Å². The van der Waals surface area contributed by atoms with E-state index in [1.807, 2.05) is 59.5 Å². The Morgan fingerprint density at radius 2 is 1.61 bits per heavy atom. The van der Waals surface area contributed by atoms with E-state index >= 15 is 0 Å². The van der Waals surface area contributed by atoms with Crippen molar-refractivity contribution < 1.29 is 55.0 Å². The molecule has 4 heterocycles. The number of ether oxygens (including phenoxy) is 3.